The molecular formula is C15H22N2O. The van der Waals surface area contributed by atoms with E-state index < -0.39 is 0 Å². The van der Waals surface area contributed by atoms with E-state index in [0.717, 1.165) is 35.9 Å². The smallest absolute Gasteiger partial charge is 0.120 e. The van der Waals surface area contributed by atoms with Crippen molar-refractivity contribution in [2.75, 3.05) is 12.8 Å². The highest BCUT2D eigenvalue weighted by molar-refractivity contribution is 5.51. The molecule has 0 aliphatic heterocycles. The first-order chi connectivity index (χ1) is 8.78. The summed E-state index contributed by atoms with van der Waals surface area (Å²) < 4.78 is 5.17. The van der Waals surface area contributed by atoms with Crippen LogP contribution < -0.4 is 15.8 Å². The van der Waals surface area contributed by atoms with E-state index in [0.29, 0.717) is 0 Å². The van der Waals surface area contributed by atoms with Crippen molar-refractivity contribution in [1.82, 2.24) is 5.32 Å². The fourth-order valence-corrected chi connectivity index (χ4v) is 2.72. The lowest BCUT2D eigenvalue weighted by atomic mass is 10.1. The second-order valence-corrected chi connectivity index (χ2v) is 5.65. The number of benzene rings is 1. The highest BCUT2D eigenvalue weighted by Crippen LogP contribution is 2.44. The number of nitrogen functional groups attached to an aromatic ring is 1. The summed E-state index contributed by atoms with van der Waals surface area (Å²) in [4.78, 5) is 0. The van der Waals surface area contributed by atoms with Gasteiger partial charge in [0.15, 0.2) is 0 Å². The zero-order valence-corrected chi connectivity index (χ0v) is 11.0. The monoisotopic (exact) mass is 246 g/mol. The molecule has 0 aromatic heterocycles. The number of anilines is 1. The van der Waals surface area contributed by atoms with Crippen LogP contribution in [0.5, 0.6) is 5.75 Å². The Morgan fingerprint density at radius 3 is 2.44 bits per heavy atom. The van der Waals surface area contributed by atoms with Crippen LogP contribution in [0, 0.1) is 11.8 Å². The van der Waals surface area contributed by atoms with E-state index in [2.05, 4.69) is 11.4 Å². The second kappa shape index (κ2) is 4.81. The van der Waals surface area contributed by atoms with Crippen molar-refractivity contribution in [2.24, 2.45) is 11.8 Å². The Hall–Kier alpha value is -1.22. The molecule has 0 atom stereocenters. The van der Waals surface area contributed by atoms with Crippen LogP contribution in [0.4, 0.5) is 5.69 Å². The minimum atomic E-state index is 0.728. The number of hydrogen-bond acceptors (Lipinski definition) is 3. The van der Waals surface area contributed by atoms with Gasteiger partial charge in [-0.25, -0.2) is 0 Å². The molecule has 2 saturated carbocycles. The van der Waals surface area contributed by atoms with Crippen molar-refractivity contribution in [3.63, 3.8) is 0 Å². The number of hydrogen-bond donors (Lipinski definition) is 2. The molecule has 3 nitrogen and oxygen atoms in total. The molecule has 1 aromatic carbocycles. The van der Waals surface area contributed by atoms with Gasteiger partial charge in [-0.1, -0.05) is 6.07 Å². The molecule has 0 unspecified atom stereocenters. The largest absolute Gasteiger partial charge is 0.497 e. The lowest BCUT2D eigenvalue weighted by Gasteiger charge is -2.18. The van der Waals surface area contributed by atoms with Gasteiger partial charge in [0.25, 0.3) is 0 Å². The molecule has 2 fully saturated rings. The van der Waals surface area contributed by atoms with Crippen LogP contribution >= 0.6 is 0 Å². The van der Waals surface area contributed by atoms with E-state index in [1.165, 1.54) is 31.2 Å². The number of methoxy groups -OCH3 is 1. The third-order valence-corrected chi connectivity index (χ3v) is 4.14. The van der Waals surface area contributed by atoms with E-state index in [-0.39, 0.29) is 0 Å². The van der Waals surface area contributed by atoms with Crippen molar-refractivity contribution in [2.45, 2.75) is 38.3 Å². The van der Waals surface area contributed by atoms with E-state index in [4.69, 9.17) is 10.5 Å². The summed E-state index contributed by atoms with van der Waals surface area (Å²) in [7, 11) is 1.67. The van der Waals surface area contributed by atoms with Gasteiger partial charge < -0.3 is 15.8 Å². The van der Waals surface area contributed by atoms with E-state index in [1.807, 2.05) is 12.1 Å². The minimum absolute atomic E-state index is 0.728. The molecule has 18 heavy (non-hydrogen) atoms. The van der Waals surface area contributed by atoms with Gasteiger partial charge in [-0.15, -0.1) is 0 Å². The zero-order chi connectivity index (χ0) is 12.5. The molecule has 2 aliphatic carbocycles. The summed E-state index contributed by atoms with van der Waals surface area (Å²) in [5, 5.41) is 3.72. The molecule has 98 valence electrons. The van der Waals surface area contributed by atoms with Crippen molar-refractivity contribution in [3.8, 4) is 5.75 Å². The Labute approximate surface area is 109 Å². The van der Waals surface area contributed by atoms with Gasteiger partial charge >= 0.3 is 0 Å². The maximum atomic E-state index is 6.05. The van der Waals surface area contributed by atoms with Crippen LogP contribution in [0.25, 0.3) is 0 Å². The van der Waals surface area contributed by atoms with Crippen LogP contribution in [-0.4, -0.2) is 13.2 Å². The topological polar surface area (TPSA) is 47.3 Å². The lowest BCUT2D eigenvalue weighted by Crippen LogP contribution is -2.32. The maximum absolute atomic E-state index is 6.05. The van der Waals surface area contributed by atoms with E-state index in [9.17, 15) is 0 Å². The maximum Gasteiger partial charge on any atom is 0.120 e. The van der Waals surface area contributed by atoms with Crippen LogP contribution in [-0.2, 0) is 6.54 Å². The summed E-state index contributed by atoms with van der Waals surface area (Å²) in [5.74, 6) is 2.69. The van der Waals surface area contributed by atoms with E-state index >= 15 is 0 Å². The molecule has 3 heteroatoms. The number of nitrogens with two attached hydrogens (primary N) is 1. The minimum Gasteiger partial charge on any atom is -0.497 e. The first kappa shape index (κ1) is 11.8. The summed E-state index contributed by atoms with van der Waals surface area (Å²) >= 11 is 0. The summed E-state index contributed by atoms with van der Waals surface area (Å²) in [5.41, 5.74) is 8.06. The van der Waals surface area contributed by atoms with Gasteiger partial charge in [-0.3, -0.25) is 0 Å². The molecular weight excluding hydrogens is 224 g/mol. The average Bonchev–Trinajstić information content (AvgIpc) is 3.25. The first-order valence-corrected chi connectivity index (χ1v) is 6.93. The molecule has 0 spiro atoms. The molecule has 0 heterocycles. The van der Waals surface area contributed by atoms with Gasteiger partial charge in [-0.05, 0) is 49.1 Å². The Balaban J connectivity index is 1.61. The fraction of sp³-hybridized carbons (Fsp3) is 0.600. The predicted molar refractivity (Wildman–Crippen MR) is 73.5 cm³/mol. The highest BCUT2D eigenvalue weighted by atomic mass is 16.5. The number of nitrogens with one attached hydrogen (secondary N) is 1. The summed E-state index contributed by atoms with van der Waals surface area (Å²) in [6.07, 6.45) is 5.64. The first-order valence-electron chi connectivity index (χ1n) is 6.93. The summed E-state index contributed by atoms with van der Waals surface area (Å²) in [6, 6.07) is 6.68. The van der Waals surface area contributed by atoms with Crippen molar-refractivity contribution >= 4 is 5.69 Å². The van der Waals surface area contributed by atoms with Crippen LogP contribution in [0.3, 0.4) is 0 Å². The number of ether oxygens (including phenoxy) is 1. The van der Waals surface area contributed by atoms with E-state index in [1.54, 1.807) is 7.11 Å². The standard InChI is InChI=1S/C15H22N2O/c1-18-13-7-6-12(14(16)8-13)9-17-15(10-2-3-10)11-4-5-11/h6-8,10-11,15,17H,2-5,9,16H2,1H3. The molecule has 0 radical (unpaired) electrons. The van der Waals surface area contributed by atoms with Crippen LogP contribution in [0.1, 0.15) is 31.2 Å². The third kappa shape index (κ3) is 2.61. The number of rotatable bonds is 6. The quantitative estimate of drug-likeness (QED) is 0.758. The zero-order valence-electron chi connectivity index (χ0n) is 11.0. The van der Waals surface area contributed by atoms with Crippen molar-refractivity contribution in [1.29, 1.82) is 0 Å². The van der Waals surface area contributed by atoms with Crippen molar-refractivity contribution in [3.05, 3.63) is 23.8 Å². The van der Waals surface area contributed by atoms with Gasteiger partial charge in [0.05, 0.1) is 7.11 Å². The average molecular weight is 246 g/mol. The molecule has 0 bridgehead atoms. The van der Waals surface area contributed by atoms with Crippen LogP contribution in [0.2, 0.25) is 0 Å². The molecule has 3 rings (SSSR count). The fourth-order valence-electron chi connectivity index (χ4n) is 2.72. The Bertz CT molecular complexity index is 413. The molecule has 0 amide bonds. The van der Waals surface area contributed by atoms with Gasteiger partial charge in [0.2, 0.25) is 0 Å². The highest BCUT2D eigenvalue weighted by Gasteiger charge is 2.40. The third-order valence-electron chi connectivity index (χ3n) is 4.14. The molecule has 1 aromatic rings. The molecule has 3 N–H and O–H groups in total. The van der Waals surface area contributed by atoms with Crippen LogP contribution in [0.15, 0.2) is 18.2 Å². The Morgan fingerprint density at radius 1 is 1.28 bits per heavy atom. The van der Waals surface area contributed by atoms with Gasteiger partial charge in [-0.2, -0.15) is 0 Å². The van der Waals surface area contributed by atoms with Gasteiger partial charge in [0, 0.05) is 24.3 Å². The SMILES string of the molecule is COc1ccc(CNC(C2CC2)C2CC2)c(N)c1. The lowest BCUT2D eigenvalue weighted by molar-refractivity contribution is 0.411. The van der Waals surface area contributed by atoms with Gasteiger partial charge in [0.1, 0.15) is 5.75 Å². The molecule has 0 saturated heterocycles. The second-order valence-electron chi connectivity index (χ2n) is 5.65. The molecule has 2 aliphatic rings. The Kier molecular flexibility index (Phi) is 3.16. The Morgan fingerprint density at radius 2 is 1.94 bits per heavy atom. The van der Waals surface area contributed by atoms with Crippen molar-refractivity contribution < 1.29 is 4.74 Å². The normalized spacial score (nSPS) is 19.2. The summed E-state index contributed by atoms with van der Waals surface area (Å²) in [6.45, 7) is 0.882. The predicted octanol–water partition coefficient (Wildman–Crippen LogP) is 2.56.